The van der Waals surface area contributed by atoms with Crippen molar-refractivity contribution in [3.63, 3.8) is 0 Å². The minimum absolute atomic E-state index is 0. The van der Waals surface area contributed by atoms with Gasteiger partial charge in [-0.3, -0.25) is 0 Å². The predicted molar refractivity (Wildman–Crippen MR) is 141 cm³/mol. The van der Waals surface area contributed by atoms with Gasteiger partial charge in [-0.2, -0.15) is 37.0 Å². The summed E-state index contributed by atoms with van der Waals surface area (Å²) in [6, 6.07) is 28.6. The molecule has 5 heteroatoms. The van der Waals surface area contributed by atoms with Crippen molar-refractivity contribution in [2.24, 2.45) is 5.92 Å². The first-order valence-corrected chi connectivity index (χ1v) is 15.4. The van der Waals surface area contributed by atoms with Crippen molar-refractivity contribution in [2.75, 3.05) is 14.1 Å². The summed E-state index contributed by atoms with van der Waals surface area (Å²) in [5.41, 5.74) is 7.04. The molecule has 2 N–H and O–H groups in total. The second-order valence-corrected chi connectivity index (χ2v) is 11.1. The van der Waals surface area contributed by atoms with Gasteiger partial charge in [-0.15, -0.1) is 12.1 Å². The van der Waals surface area contributed by atoms with Gasteiger partial charge < -0.3 is 17.5 Å². The van der Waals surface area contributed by atoms with Gasteiger partial charge in [-0.05, 0) is 54.7 Å². The van der Waals surface area contributed by atoms with Crippen LogP contribution in [-0.2, 0) is 17.0 Å². The summed E-state index contributed by atoms with van der Waals surface area (Å²) in [5, 5.41) is 0. The van der Waals surface area contributed by atoms with Crippen LogP contribution in [0.5, 0.6) is 0 Å². The van der Waals surface area contributed by atoms with E-state index in [9.17, 15) is 0 Å². The van der Waals surface area contributed by atoms with Gasteiger partial charge in [0.2, 0.25) is 0 Å². The minimum atomic E-state index is -0.556. The molecule has 1 fully saturated rings. The van der Waals surface area contributed by atoms with Crippen molar-refractivity contribution < 1.29 is 17.0 Å². The van der Waals surface area contributed by atoms with E-state index < -0.39 is 17.0 Å². The summed E-state index contributed by atoms with van der Waals surface area (Å²) in [6.45, 7) is 3.72. The maximum absolute atomic E-state index is 4.89. The maximum Gasteiger partial charge on any atom is -0.693 e. The van der Waals surface area contributed by atoms with Crippen LogP contribution in [0.15, 0.2) is 78.9 Å². The Morgan fingerprint density at radius 2 is 1.30 bits per heavy atom. The quantitative estimate of drug-likeness (QED) is 0.248. The molecule has 0 amide bonds. The molecule has 33 heavy (non-hydrogen) atoms. The Bertz CT molecular complexity index is 911. The average molecular weight is 516 g/mol. The molecule has 0 radical (unpaired) electrons. The van der Waals surface area contributed by atoms with Crippen LogP contribution in [0.4, 0.5) is 0 Å². The summed E-state index contributed by atoms with van der Waals surface area (Å²) >= 11 is -0.556. The third-order valence-corrected chi connectivity index (χ3v) is 6.43. The Morgan fingerprint density at radius 3 is 1.70 bits per heavy atom. The molecule has 0 aliphatic heterocycles. The Balaban J connectivity index is 0.000000296. The number of benzene rings is 3. The Morgan fingerprint density at radius 1 is 0.818 bits per heavy atom. The van der Waals surface area contributed by atoms with Gasteiger partial charge in [0.1, 0.15) is 0 Å². The molecule has 5 rings (SSSR count). The number of nitrogens with two attached hydrogens (primary N) is 1. The largest absolute Gasteiger partial charge is 0.693 e. The maximum atomic E-state index is 4.89. The summed E-state index contributed by atoms with van der Waals surface area (Å²) in [4.78, 5) is 2.38. The minimum Gasteiger partial charge on any atom is -0.693 e. The first kappa shape index (κ1) is 28.0. The molecule has 0 saturated heterocycles. The molecule has 2 nitrogen and oxygen atoms in total. The van der Waals surface area contributed by atoms with Crippen LogP contribution in [0.1, 0.15) is 41.9 Å². The zero-order valence-corrected chi connectivity index (χ0v) is 22.5. The van der Waals surface area contributed by atoms with Crippen molar-refractivity contribution in [2.45, 2.75) is 31.2 Å². The standard InChI is InChI=1S/C21H24N.C7H7.2ClH.H2N.Ti/c1-22(2)16-13-11-15(12-14-16)21-19-9-5-3-7-17(19)18-8-4-6-10-20(18)21;1-7-5-3-2-4-6-7;;;;/h3-11,15-16,21H,12-14H2,1-2H3;2-6H,1H2;2*1H;1H2;/q2*-1;;;-1;+2/p-2. The van der Waals surface area contributed by atoms with E-state index in [0.717, 1.165) is 11.6 Å². The van der Waals surface area contributed by atoms with E-state index in [4.69, 9.17) is 18.6 Å². The molecule has 2 aliphatic rings. The average Bonchev–Trinajstić information content (AvgIpc) is 3.15. The molecule has 0 spiro atoms. The molecule has 176 valence electrons. The Kier molecular flexibility index (Phi) is 12.1. The topological polar surface area (TPSA) is 36.7 Å². The van der Waals surface area contributed by atoms with E-state index in [0.29, 0.717) is 11.8 Å². The number of hydrogen-bond acceptors (Lipinski definition) is 1. The van der Waals surface area contributed by atoms with Crippen LogP contribution in [-0.4, -0.2) is 25.0 Å². The summed E-state index contributed by atoms with van der Waals surface area (Å²) in [5.74, 6) is 1.25. The van der Waals surface area contributed by atoms with Gasteiger partial charge in [-0.25, -0.2) is 0 Å². The van der Waals surface area contributed by atoms with Crippen LogP contribution in [0.2, 0.25) is 0 Å². The fourth-order valence-corrected chi connectivity index (χ4v) is 4.86. The van der Waals surface area contributed by atoms with Gasteiger partial charge in [0.25, 0.3) is 0 Å². The van der Waals surface area contributed by atoms with E-state index in [2.05, 4.69) is 80.9 Å². The van der Waals surface area contributed by atoms with Gasteiger partial charge in [-0.1, -0.05) is 61.0 Å². The zero-order valence-electron chi connectivity index (χ0n) is 19.4. The van der Waals surface area contributed by atoms with E-state index in [-0.39, 0.29) is 6.15 Å². The zero-order chi connectivity index (χ0) is 22.9. The van der Waals surface area contributed by atoms with Gasteiger partial charge in [0.05, 0.1) is 0 Å². The molecule has 3 aromatic rings. The Hall–Kier alpha value is -1.26. The fourth-order valence-electron chi connectivity index (χ4n) is 4.86. The SMILES string of the molecule is CN(C)C1C[CH-]C(C2c3ccccc3-c3ccccc32)CC1.[CH2-]c1ccccc1.[Cl][Ti][Cl].[NH2-]. The molecular formula is C28H33Cl2N2Ti-3. The van der Waals surface area contributed by atoms with Crippen LogP contribution in [0.25, 0.3) is 17.3 Å². The van der Waals surface area contributed by atoms with Gasteiger partial charge in [0.15, 0.2) is 0 Å². The molecule has 2 aliphatic carbocycles. The summed E-state index contributed by atoms with van der Waals surface area (Å²) < 4.78 is 0. The van der Waals surface area contributed by atoms with E-state index in [1.165, 1.54) is 41.5 Å². The van der Waals surface area contributed by atoms with Crippen molar-refractivity contribution in [1.29, 1.82) is 0 Å². The third-order valence-electron chi connectivity index (χ3n) is 6.43. The third kappa shape index (κ3) is 7.36. The molecule has 2 unspecified atom stereocenters. The first-order valence-electron chi connectivity index (χ1n) is 11.1. The molecule has 3 aromatic carbocycles. The summed E-state index contributed by atoms with van der Waals surface area (Å²) in [6.07, 6.45) is 6.43. The van der Waals surface area contributed by atoms with Crippen LogP contribution < -0.4 is 0 Å². The number of rotatable bonds is 2. The predicted octanol–water partition coefficient (Wildman–Crippen LogP) is 8.70. The number of fused-ring (bicyclic) bond motifs is 3. The van der Waals surface area contributed by atoms with Crippen molar-refractivity contribution in [1.82, 2.24) is 4.90 Å². The van der Waals surface area contributed by atoms with Gasteiger partial charge >= 0.3 is 35.6 Å². The van der Waals surface area contributed by atoms with E-state index in [1.807, 2.05) is 30.3 Å². The second kappa shape index (κ2) is 14.2. The number of halogens is 2. The Labute approximate surface area is 217 Å². The summed E-state index contributed by atoms with van der Waals surface area (Å²) in [7, 11) is 14.2. The van der Waals surface area contributed by atoms with E-state index >= 15 is 0 Å². The molecule has 0 bridgehead atoms. The van der Waals surface area contributed by atoms with Crippen LogP contribution in [0.3, 0.4) is 0 Å². The van der Waals surface area contributed by atoms with Gasteiger partial charge in [0, 0.05) is 0 Å². The van der Waals surface area contributed by atoms with Crippen molar-refractivity contribution >= 4 is 18.6 Å². The molecule has 2 atom stereocenters. The monoisotopic (exact) mass is 515 g/mol. The van der Waals surface area contributed by atoms with Crippen LogP contribution in [0, 0.1) is 19.3 Å². The smallest absolute Gasteiger partial charge is 0.693 e. The second-order valence-electron chi connectivity index (χ2n) is 8.54. The normalized spacial score (nSPS) is 18.5. The number of nitrogens with zero attached hydrogens (tertiary/aromatic N) is 1. The van der Waals surface area contributed by atoms with Crippen LogP contribution >= 0.6 is 18.6 Å². The fraction of sp³-hybridized carbons (Fsp3) is 0.286. The van der Waals surface area contributed by atoms with Crippen molar-refractivity contribution in [3.8, 4) is 11.1 Å². The molecule has 0 aromatic heterocycles. The van der Waals surface area contributed by atoms with E-state index in [1.54, 1.807) is 0 Å². The molecular weight excluding hydrogens is 483 g/mol. The molecule has 0 heterocycles. The first-order chi connectivity index (χ1) is 15.6. The van der Waals surface area contributed by atoms with Crippen molar-refractivity contribution in [3.05, 3.63) is 115 Å². The number of hydrogen-bond donors (Lipinski definition) is 0. The molecule has 1 saturated carbocycles.